The first-order valence-corrected chi connectivity index (χ1v) is 7.89. The number of aromatic nitrogens is 2. The predicted molar refractivity (Wildman–Crippen MR) is 88.3 cm³/mol. The molecule has 1 heterocycles. The minimum absolute atomic E-state index is 0.714. The van der Waals surface area contributed by atoms with E-state index < -0.39 is 0 Å². The Kier molecular flexibility index (Phi) is 5.38. The molecule has 20 heavy (non-hydrogen) atoms. The normalized spacial score (nSPS) is 10.6. The summed E-state index contributed by atoms with van der Waals surface area (Å²) < 4.78 is 0.950. The van der Waals surface area contributed by atoms with Crippen molar-refractivity contribution < 1.29 is 0 Å². The van der Waals surface area contributed by atoms with E-state index in [9.17, 15) is 0 Å². The van der Waals surface area contributed by atoms with Crippen LogP contribution in [0.15, 0.2) is 28.7 Å². The lowest BCUT2D eigenvalue weighted by molar-refractivity contribution is 0.944. The van der Waals surface area contributed by atoms with E-state index in [2.05, 4.69) is 45.1 Å². The fourth-order valence-electron chi connectivity index (χ4n) is 1.82. The molecule has 0 aliphatic rings. The molecule has 0 bridgehead atoms. The summed E-state index contributed by atoms with van der Waals surface area (Å²) in [7, 11) is 0. The number of hydrogen-bond donors (Lipinski definition) is 1. The van der Waals surface area contributed by atoms with Crippen molar-refractivity contribution in [2.24, 2.45) is 0 Å². The first kappa shape index (κ1) is 15.3. The van der Waals surface area contributed by atoms with E-state index in [1.807, 2.05) is 24.3 Å². The zero-order chi connectivity index (χ0) is 14.5. The molecule has 0 saturated heterocycles. The summed E-state index contributed by atoms with van der Waals surface area (Å²) in [6, 6.07) is 7.59. The molecule has 3 nitrogen and oxygen atoms in total. The van der Waals surface area contributed by atoms with Crippen molar-refractivity contribution >= 4 is 33.3 Å². The highest BCUT2D eigenvalue weighted by Crippen LogP contribution is 2.28. The highest BCUT2D eigenvalue weighted by molar-refractivity contribution is 9.10. The molecule has 5 heteroatoms. The maximum atomic E-state index is 5.92. The van der Waals surface area contributed by atoms with E-state index in [0.717, 1.165) is 46.8 Å². The third-order valence-electron chi connectivity index (χ3n) is 2.90. The smallest absolute Gasteiger partial charge is 0.161 e. The van der Waals surface area contributed by atoms with Gasteiger partial charge in [-0.25, -0.2) is 9.97 Å². The maximum absolute atomic E-state index is 5.92. The van der Waals surface area contributed by atoms with E-state index in [-0.39, 0.29) is 0 Å². The van der Waals surface area contributed by atoms with Gasteiger partial charge in [0.25, 0.3) is 0 Å². The van der Waals surface area contributed by atoms with E-state index in [4.69, 9.17) is 11.6 Å². The lowest BCUT2D eigenvalue weighted by Gasteiger charge is -2.12. The Labute approximate surface area is 132 Å². The molecular weight excluding hydrogens is 338 g/mol. The van der Waals surface area contributed by atoms with E-state index in [1.54, 1.807) is 0 Å². The number of rotatable bonds is 5. The van der Waals surface area contributed by atoms with Gasteiger partial charge in [-0.1, -0.05) is 25.4 Å². The molecule has 0 unspecified atom stereocenters. The van der Waals surface area contributed by atoms with Gasteiger partial charge < -0.3 is 5.32 Å². The van der Waals surface area contributed by atoms with Crippen LogP contribution in [-0.2, 0) is 6.42 Å². The Morgan fingerprint density at radius 2 is 1.85 bits per heavy atom. The number of aryl methyl sites for hydroxylation is 1. The molecule has 1 aromatic heterocycles. The van der Waals surface area contributed by atoms with Gasteiger partial charge >= 0.3 is 0 Å². The number of nitrogens with one attached hydrogen (secondary N) is 1. The second kappa shape index (κ2) is 7.04. The van der Waals surface area contributed by atoms with Gasteiger partial charge in [-0.05, 0) is 53.0 Å². The number of halogens is 2. The Bertz CT molecular complexity index is 584. The van der Waals surface area contributed by atoms with Gasteiger partial charge in [-0.2, -0.15) is 0 Å². The van der Waals surface area contributed by atoms with E-state index in [1.165, 1.54) is 0 Å². The quantitative estimate of drug-likeness (QED) is 0.826. The SMILES string of the molecule is CCCNc1nc(-c2ccc(Cl)cc2)nc(CC)c1Br. The zero-order valence-corrected chi connectivity index (χ0v) is 13.9. The van der Waals surface area contributed by atoms with Crippen LogP contribution in [0.3, 0.4) is 0 Å². The van der Waals surface area contributed by atoms with Crippen LogP contribution in [0.5, 0.6) is 0 Å². The number of nitrogens with zero attached hydrogens (tertiary/aromatic N) is 2. The largest absolute Gasteiger partial charge is 0.369 e. The molecule has 1 aromatic carbocycles. The van der Waals surface area contributed by atoms with Crippen molar-refractivity contribution in [2.45, 2.75) is 26.7 Å². The Morgan fingerprint density at radius 3 is 2.45 bits per heavy atom. The Balaban J connectivity index is 2.44. The van der Waals surface area contributed by atoms with Gasteiger partial charge in [0.1, 0.15) is 5.82 Å². The van der Waals surface area contributed by atoms with E-state index >= 15 is 0 Å². The molecule has 0 radical (unpaired) electrons. The Morgan fingerprint density at radius 1 is 1.15 bits per heavy atom. The van der Waals surface area contributed by atoms with Gasteiger partial charge in [0.15, 0.2) is 5.82 Å². The minimum Gasteiger partial charge on any atom is -0.369 e. The summed E-state index contributed by atoms with van der Waals surface area (Å²) in [5, 5.41) is 4.05. The summed E-state index contributed by atoms with van der Waals surface area (Å²) >= 11 is 9.50. The Hall–Kier alpha value is -1.13. The van der Waals surface area contributed by atoms with Crippen LogP contribution in [-0.4, -0.2) is 16.5 Å². The standard InChI is InChI=1S/C15H17BrClN3/c1-3-9-18-15-13(16)12(4-2)19-14(20-15)10-5-7-11(17)8-6-10/h5-8H,3-4,9H2,1-2H3,(H,18,19,20). The van der Waals surface area contributed by atoms with Gasteiger partial charge in [-0.15, -0.1) is 0 Å². The fraction of sp³-hybridized carbons (Fsp3) is 0.333. The highest BCUT2D eigenvalue weighted by Gasteiger charge is 2.12. The molecule has 0 spiro atoms. The molecule has 1 N–H and O–H groups in total. The number of benzene rings is 1. The van der Waals surface area contributed by atoms with Gasteiger partial charge in [0, 0.05) is 17.1 Å². The monoisotopic (exact) mass is 353 g/mol. The van der Waals surface area contributed by atoms with Gasteiger partial charge in [-0.3, -0.25) is 0 Å². The average molecular weight is 355 g/mol. The first-order chi connectivity index (χ1) is 9.65. The number of anilines is 1. The molecule has 2 rings (SSSR count). The summed E-state index contributed by atoms with van der Waals surface area (Å²) in [6.07, 6.45) is 1.90. The van der Waals surface area contributed by atoms with Crippen LogP contribution >= 0.6 is 27.5 Å². The van der Waals surface area contributed by atoms with Crippen molar-refractivity contribution in [1.29, 1.82) is 0 Å². The highest BCUT2D eigenvalue weighted by atomic mass is 79.9. The molecular formula is C15H17BrClN3. The minimum atomic E-state index is 0.714. The van der Waals surface area contributed by atoms with E-state index in [0.29, 0.717) is 5.02 Å². The van der Waals surface area contributed by atoms with Crippen LogP contribution in [0.1, 0.15) is 26.0 Å². The van der Waals surface area contributed by atoms with Crippen LogP contribution in [0.25, 0.3) is 11.4 Å². The summed E-state index contributed by atoms with van der Waals surface area (Å²) in [4.78, 5) is 9.22. The van der Waals surface area contributed by atoms with Crippen LogP contribution < -0.4 is 5.32 Å². The number of hydrogen-bond acceptors (Lipinski definition) is 3. The molecule has 0 atom stereocenters. The third-order valence-corrected chi connectivity index (χ3v) is 3.98. The predicted octanol–water partition coefficient (Wildman–Crippen LogP) is 4.94. The maximum Gasteiger partial charge on any atom is 0.161 e. The lowest BCUT2D eigenvalue weighted by atomic mass is 10.2. The molecule has 0 amide bonds. The topological polar surface area (TPSA) is 37.8 Å². The molecule has 0 saturated carbocycles. The van der Waals surface area contributed by atoms with Crippen LogP contribution in [0, 0.1) is 0 Å². The van der Waals surface area contributed by atoms with Crippen molar-refractivity contribution in [3.63, 3.8) is 0 Å². The van der Waals surface area contributed by atoms with Crippen LogP contribution in [0.2, 0.25) is 5.02 Å². The summed E-state index contributed by atoms with van der Waals surface area (Å²) in [5.41, 5.74) is 1.97. The molecule has 2 aromatic rings. The molecule has 0 aliphatic heterocycles. The van der Waals surface area contributed by atoms with Crippen molar-refractivity contribution in [3.8, 4) is 11.4 Å². The molecule has 0 aliphatic carbocycles. The van der Waals surface area contributed by atoms with Crippen molar-refractivity contribution in [3.05, 3.63) is 39.5 Å². The van der Waals surface area contributed by atoms with Crippen LogP contribution in [0.4, 0.5) is 5.82 Å². The van der Waals surface area contributed by atoms with Gasteiger partial charge in [0.2, 0.25) is 0 Å². The molecule has 106 valence electrons. The van der Waals surface area contributed by atoms with Crippen molar-refractivity contribution in [1.82, 2.24) is 9.97 Å². The third kappa shape index (κ3) is 3.49. The molecule has 0 fully saturated rings. The lowest BCUT2D eigenvalue weighted by Crippen LogP contribution is -2.07. The van der Waals surface area contributed by atoms with Gasteiger partial charge in [0.05, 0.1) is 10.2 Å². The summed E-state index contributed by atoms with van der Waals surface area (Å²) in [5.74, 6) is 1.57. The first-order valence-electron chi connectivity index (χ1n) is 6.72. The second-order valence-electron chi connectivity index (χ2n) is 4.44. The average Bonchev–Trinajstić information content (AvgIpc) is 2.47. The fourth-order valence-corrected chi connectivity index (χ4v) is 2.54. The second-order valence-corrected chi connectivity index (χ2v) is 5.67. The summed E-state index contributed by atoms with van der Waals surface area (Å²) in [6.45, 7) is 5.10. The zero-order valence-electron chi connectivity index (χ0n) is 11.6. The van der Waals surface area contributed by atoms with Crippen molar-refractivity contribution in [2.75, 3.05) is 11.9 Å².